The summed E-state index contributed by atoms with van der Waals surface area (Å²) in [5.41, 5.74) is 0.0649. The minimum Gasteiger partial charge on any atom is -0.453 e. The Morgan fingerprint density at radius 3 is 2.46 bits per heavy atom. The molecule has 6 nitrogen and oxygen atoms in total. The summed E-state index contributed by atoms with van der Waals surface area (Å²) < 4.78 is 60.5. The van der Waals surface area contributed by atoms with Crippen LogP contribution in [-0.4, -0.2) is 36.3 Å². The predicted molar refractivity (Wildman–Crippen MR) is 98.2 cm³/mol. The number of carbonyl (C=O) groups excluding carboxylic acids is 1. The maximum atomic E-state index is 13.9. The van der Waals surface area contributed by atoms with Crippen LogP contribution in [0.25, 0.3) is 0 Å². The third-order valence-corrected chi connectivity index (χ3v) is 6.69. The lowest BCUT2D eigenvalue weighted by molar-refractivity contribution is 0.0320. The third-order valence-electron chi connectivity index (χ3n) is 4.83. The van der Waals surface area contributed by atoms with Crippen LogP contribution < -0.4 is 0 Å². The lowest BCUT2D eigenvalue weighted by atomic mass is 10.1. The van der Waals surface area contributed by atoms with E-state index in [9.17, 15) is 22.0 Å². The van der Waals surface area contributed by atoms with Crippen molar-refractivity contribution < 1.29 is 26.7 Å². The van der Waals surface area contributed by atoms with E-state index >= 15 is 0 Å². The van der Waals surface area contributed by atoms with E-state index in [1.54, 1.807) is 0 Å². The van der Waals surface area contributed by atoms with Gasteiger partial charge in [-0.25, -0.2) is 22.0 Å². The molecule has 1 atom stereocenters. The Hall–Kier alpha value is -2.26. The van der Waals surface area contributed by atoms with Crippen LogP contribution in [-0.2, 0) is 21.8 Å². The number of sulfonamides is 1. The normalized spacial score (nSPS) is 16.7. The Morgan fingerprint density at radius 2 is 1.82 bits per heavy atom. The average molecular weight is 412 g/mol. The molecule has 0 spiro atoms. The number of esters is 1. The molecule has 1 aliphatic rings. The number of aromatic nitrogens is 1. The number of piperidine rings is 1. The van der Waals surface area contributed by atoms with Crippen molar-refractivity contribution in [1.29, 1.82) is 0 Å². The lowest BCUT2D eigenvalue weighted by Crippen LogP contribution is -2.35. The largest absolute Gasteiger partial charge is 0.453 e. The molecule has 2 heterocycles. The van der Waals surface area contributed by atoms with Crippen molar-refractivity contribution in [2.45, 2.75) is 37.2 Å². The minimum atomic E-state index is -3.69. The van der Waals surface area contributed by atoms with Crippen LogP contribution >= 0.6 is 0 Å². The van der Waals surface area contributed by atoms with Gasteiger partial charge in [0.25, 0.3) is 0 Å². The van der Waals surface area contributed by atoms with Crippen molar-refractivity contribution in [3.8, 4) is 0 Å². The molecular weight excluding hydrogens is 390 g/mol. The number of rotatable bonds is 5. The molecule has 28 heavy (non-hydrogen) atoms. The van der Waals surface area contributed by atoms with Crippen molar-refractivity contribution in [3.05, 3.63) is 53.4 Å². The highest BCUT2D eigenvalue weighted by atomic mass is 32.2. The molecule has 3 rings (SSSR count). The van der Waals surface area contributed by atoms with Crippen molar-refractivity contribution >= 4 is 16.0 Å². The summed E-state index contributed by atoms with van der Waals surface area (Å²) in [4.78, 5) is 12.5. The average Bonchev–Trinajstić information content (AvgIpc) is 3.05. The molecular formula is C19H22F2N2O4S. The highest BCUT2D eigenvalue weighted by molar-refractivity contribution is 7.89. The molecule has 0 radical (unpaired) electrons. The van der Waals surface area contributed by atoms with Gasteiger partial charge in [0.05, 0.1) is 0 Å². The summed E-state index contributed by atoms with van der Waals surface area (Å²) >= 11 is 0. The molecule has 0 amide bonds. The molecule has 0 bridgehead atoms. The number of hydrogen-bond donors (Lipinski definition) is 0. The van der Waals surface area contributed by atoms with Crippen molar-refractivity contribution in [3.63, 3.8) is 0 Å². The van der Waals surface area contributed by atoms with Crippen molar-refractivity contribution in [2.24, 2.45) is 7.05 Å². The summed E-state index contributed by atoms with van der Waals surface area (Å²) in [6.07, 6.45) is 3.01. The Labute approximate surface area is 162 Å². The maximum Gasteiger partial charge on any atom is 0.355 e. The highest BCUT2D eigenvalue weighted by Gasteiger charge is 2.29. The van der Waals surface area contributed by atoms with Crippen LogP contribution in [0.15, 0.2) is 35.4 Å². The van der Waals surface area contributed by atoms with Crippen LogP contribution in [0.1, 0.15) is 48.3 Å². The van der Waals surface area contributed by atoms with Gasteiger partial charge in [-0.3, -0.25) is 0 Å². The minimum absolute atomic E-state index is 0.0180. The van der Waals surface area contributed by atoms with Gasteiger partial charge in [0, 0.05) is 38.0 Å². The zero-order valence-corrected chi connectivity index (χ0v) is 16.5. The molecule has 1 aliphatic heterocycles. The summed E-state index contributed by atoms with van der Waals surface area (Å²) in [5.74, 6) is -2.34. The van der Waals surface area contributed by atoms with E-state index in [0.29, 0.717) is 19.2 Å². The summed E-state index contributed by atoms with van der Waals surface area (Å²) in [7, 11) is -2.15. The Balaban J connectivity index is 1.79. The fourth-order valence-corrected chi connectivity index (χ4v) is 4.84. The van der Waals surface area contributed by atoms with Gasteiger partial charge in [0.1, 0.15) is 28.3 Å². The molecule has 1 fully saturated rings. The van der Waals surface area contributed by atoms with Crippen LogP contribution in [0.4, 0.5) is 8.78 Å². The second-order valence-electron chi connectivity index (χ2n) is 6.85. The first-order valence-electron chi connectivity index (χ1n) is 9.02. The Bertz CT molecular complexity index is 982. The summed E-state index contributed by atoms with van der Waals surface area (Å²) in [6.45, 7) is 2.37. The zero-order chi connectivity index (χ0) is 20.5. The van der Waals surface area contributed by atoms with Gasteiger partial charge in [0.15, 0.2) is 0 Å². The molecule has 1 aromatic carbocycles. The Kier molecular flexibility index (Phi) is 5.85. The second kappa shape index (κ2) is 8.00. The first kappa shape index (κ1) is 20.5. The first-order valence-corrected chi connectivity index (χ1v) is 10.5. The predicted octanol–water partition coefficient (Wildman–Crippen LogP) is 3.40. The number of aryl methyl sites for hydroxylation is 1. The number of ether oxygens (including phenoxy) is 1. The van der Waals surface area contributed by atoms with E-state index < -0.39 is 33.7 Å². The molecule has 152 valence electrons. The molecule has 0 aliphatic carbocycles. The van der Waals surface area contributed by atoms with Crippen LogP contribution in [0.5, 0.6) is 0 Å². The molecule has 0 saturated carbocycles. The molecule has 2 aromatic rings. The van der Waals surface area contributed by atoms with Crippen molar-refractivity contribution in [2.75, 3.05) is 13.1 Å². The highest BCUT2D eigenvalue weighted by Crippen LogP contribution is 2.25. The van der Waals surface area contributed by atoms with Crippen molar-refractivity contribution in [1.82, 2.24) is 8.87 Å². The number of benzene rings is 1. The number of nitrogens with zero attached hydrogens (tertiary/aromatic N) is 2. The molecule has 0 N–H and O–H groups in total. The quantitative estimate of drug-likeness (QED) is 0.706. The Morgan fingerprint density at radius 1 is 1.14 bits per heavy atom. The first-order chi connectivity index (χ1) is 13.2. The topological polar surface area (TPSA) is 68.6 Å². The molecule has 1 saturated heterocycles. The second-order valence-corrected chi connectivity index (χ2v) is 8.79. The molecule has 1 aromatic heterocycles. The summed E-state index contributed by atoms with van der Waals surface area (Å²) in [5, 5.41) is 0. The fraction of sp³-hybridized carbons (Fsp3) is 0.421. The van der Waals surface area contributed by atoms with E-state index in [1.807, 2.05) is 0 Å². The van der Waals surface area contributed by atoms with Crippen LogP contribution in [0.2, 0.25) is 0 Å². The van der Waals surface area contributed by atoms with Gasteiger partial charge in [-0.15, -0.1) is 0 Å². The molecule has 9 heteroatoms. The lowest BCUT2D eigenvalue weighted by Gasteiger charge is -2.25. The van der Waals surface area contributed by atoms with E-state index in [4.69, 9.17) is 4.74 Å². The number of halogens is 2. The van der Waals surface area contributed by atoms with Crippen LogP contribution in [0.3, 0.4) is 0 Å². The maximum absolute atomic E-state index is 13.9. The van der Waals surface area contributed by atoms with Gasteiger partial charge in [-0.05, 0) is 38.0 Å². The van der Waals surface area contributed by atoms with Gasteiger partial charge in [0.2, 0.25) is 10.0 Å². The summed E-state index contributed by atoms with van der Waals surface area (Å²) in [6, 6.07) is 4.26. The SMILES string of the molecule is CC(OC(=O)c1cc(S(=O)(=O)N2CCCCC2)cn1C)c1ccc(F)cc1F. The monoisotopic (exact) mass is 412 g/mol. The fourth-order valence-electron chi connectivity index (χ4n) is 3.25. The van der Waals surface area contributed by atoms with Gasteiger partial charge >= 0.3 is 5.97 Å². The van der Waals surface area contributed by atoms with Crippen LogP contribution in [0, 0.1) is 11.6 Å². The number of carbonyl (C=O) groups is 1. The van der Waals surface area contributed by atoms with Gasteiger partial charge in [-0.1, -0.05) is 6.42 Å². The van der Waals surface area contributed by atoms with E-state index in [1.165, 1.54) is 41.2 Å². The van der Waals surface area contributed by atoms with E-state index in [-0.39, 0.29) is 16.2 Å². The zero-order valence-electron chi connectivity index (χ0n) is 15.7. The van der Waals surface area contributed by atoms with Gasteiger partial charge in [-0.2, -0.15) is 4.31 Å². The number of hydrogen-bond acceptors (Lipinski definition) is 4. The smallest absolute Gasteiger partial charge is 0.355 e. The third kappa shape index (κ3) is 4.10. The molecule has 1 unspecified atom stereocenters. The van der Waals surface area contributed by atoms with E-state index in [0.717, 1.165) is 25.3 Å². The standard InChI is InChI=1S/C19H22F2N2O4S/c1-13(16-7-6-14(20)10-17(16)21)27-19(24)18-11-15(12-22(18)2)28(25,26)23-8-4-3-5-9-23/h6-7,10-13H,3-5,8-9H2,1-2H3. The van der Waals surface area contributed by atoms with Gasteiger partial charge < -0.3 is 9.30 Å². The van der Waals surface area contributed by atoms with E-state index in [2.05, 4.69) is 0 Å².